The molecule has 2 aromatic rings. The van der Waals surface area contributed by atoms with Gasteiger partial charge < -0.3 is 10.6 Å². The van der Waals surface area contributed by atoms with Crippen molar-refractivity contribution in [3.05, 3.63) is 17.7 Å². The lowest BCUT2D eigenvalue weighted by Gasteiger charge is -2.27. The van der Waals surface area contributed by atoms with Crippen LogP contribution in [0.3, 0.4) is 0 Å². The number of fused-ring (bicyclic) bond motifs is 1. The number of hydrogen-bond donors (Lipinski definition) is 2. The van der Waals surface area contributed by atoms with E-state index in [9.17, 15) is 17.6 Å². The third kappa shape index (κ3) is 4.35. The van der Waals surface area contributed by atoms with Gasteiger partial charge in [0, 0.05) is 13.0 Å². The SMILES string of the molecule is CC(C)Cc1nc(C(F)(F)F)c2cnc(NC3CCNCC3F)nn12.Cl. The van der Waals surface area contributed by atoms with Gasteiger partial charge in [0.05, 0.1) is 12.2 Å². The number of anilines is 1. The van der Waals surface area contributed by atoms with Gasteiger partial charge in [-0.05, 0) is 18.9 Å². The van der Waals surface area contributed by atoms with Gasteiger partial charge in [-0.3, -0.25) is 0 Å². The summed E-state index contributed by atoms with van der Waals surface area (Å²) >= 11 is 0. The molecule has 0 radical (unpaired) electrons. The van der Waals surface area contributed by atoms with Crippen LogP contribution in [0.4, 0.5) is 23.5 Å². The third-order valence-electron chi connectivity index (χ3n) is 4.04. The average Bonchev–Trinajstić information content (AvgIpc) is 2.87. The van der Waals surface area contributed by atoms with Crippen molar-refractivity contribution in [3.8, 4) is 0 Å². The second-order valence-electron chi connectivity index (χ2n) is 6.61. The van der Waals surface area contributed by atoms with E-state index in [1.165, 1.54) is 0 Å². The van der Waals surface area contributed by atoms with Gasteiger partial charge in [-0.1, -0.05) is 13.8 Å². The van der Waals surface area contributed by atoms with Crippen LogP contribution < -0.4 is 10.6 Å². The van der Waals surface area contributed by atoms with Crippen LogP contribution in [0.25, 0.3) is 5.52 Å². The molecule has 0 bridgehead atoms. The summed E-state index contributed by atoms with van der Waals surface area (Å²) in [6, 6.07) is -0.474. The van der Waals surface area contributed by atoms with Crippen LogP contribution in [-0.2, 0) is 12.6 Å². The lowest BCUT2D eigenvalue weighted by atomic mass is 10.1. The normalized spacial score (nSPS) is 21.0. The highest BCUT2D eigenvalue weighted by Gasteiger charge is 2.37. The monoisotopic (exact) mass is 396 g/mol. The molecule has 1 aliphatic rings. The van der Waals surface area contributed by atoms with E-state index >= 15 is 0 Å². The van der Waals surface area contributed by atoms with Crippen molar-refractivity contribution in [1.82, 2.24) is 24.9 Å². The molecule has 0 spiro atoms. The number of piperidine rings is 1. The maximum atomic E-state index is 13.9. The van der Waals surface area contributed by atoms with E-state index in [0.717, 1.165) is 10.7 Å². The van der Waals surface area contributed by atoms with Crippen LogP contribution in [0.2, 0.25) is 0 Å². The maximum Gasteiger partial charge on any atom is 0.435 e. The zero-order chi connectivity index (χ0) is 18.2. The van der Waals surface area contributed by atoms with Crippen molar-refractivity contribution in [3.63, 3.8) is 0 Å². The van der Waals surface area contributed by atoms with E-state index in [-0.39, 0.29) is 42.2 Å². The maximum absolute atomic E-state index is 13.9. The Labute approximate surface area is 154 Å². The van der Waals surface area contributed by atoms with E-state index in [1.54, 1.807) is 0 Å². The van der Waals surface area contributed by atoms with Crippen molar-refractivity contribution in [2.75, 3.05) is 18.4 Å². The molecule has 0 aromatic carbocycles. The van der Waals surface area contributed by atoms with Gasteiger partial charge in [0.1, 0.15) is 17.5 Å². The summed E-state index contributed by atoms with van der Waals surface area (Å²) in [5.74, 6) is 0.417. The molecule has 0 aliphatic carbocycles. The molecule has 1 saturated heterocycles. The predicted octanol–water partition coefficient (Wildman–Crippen LogP) is 2.88. The van der Waals surface area contributed by atoms with Gasteiger partial charge in [-0.15, -0.1) is 17.5 Å². The number of imidazole rings is 1. The third-order valence-corrected chi connectivity index (χ3v) is 4.04. The summed E-state index contributed by atoms with van der Waals surface area (Å²) < 4.78 is 54.6. The first-order valence-electron chi connectivity index (χ1n) is 8.19. The number of hydrogen-bond acceptors (Lipinski definition) is 5. The van der Waals surface area contributed by atoms with E-state index in [1.807, 2.05) is 13.8 Å². The summed E-state index contributed by atoms with van der Waals surface area (Å²) in [5.41, 5.74) is -1.20. The minimum Gasteiger partial charge on any atom is -0.347 e. The zero-order valence-corrected chi connectivity index (χ0v) is 15.2. The van der Waals surface area contributed by atoms with E-state index in [0.29, 0.717) is 19.4 Å². The standard InChI is InChI=1S/C15H20F4N6.ClH/c1-8(2)5-12-23-13(15(17,18)19)11-7-21-14(24-25(11)12)22-10-3-4-20-6-9(10)16;/h7-10,20H,3-6H2,1-2H3,(H,22,24);1H. The highest BCUT2D eigenvalue weighted by molar-refractivity contribution is 5.85. The molecule has 2 atom stereocenters. The molecule has 3 heterocycles. The van der Waals surface area contributed by atoms with Crippen LogP contribution in [0.1, 0.15) is 31.8 Å². The lowest BCUT2D eigenvalue weighted by molar-refractivity contribution is -0.139. The highest BCUT2D eigenvalue weighted by Crippen LogP contribution is 2.32. The first-order chi connectivity index (χ1) is 11.8. The summed E-state index contributed by atoms with van der Waals surface area (Å²) in [7, 11) is 0. The minimum absolute atomic E-state index is 0. The first-order valence-corrected chi connectivity index (χ1v) is 8.19. The molecule has 146 valence electrons. The smallest absolute Gasteiger partial charge is 0.347 e. The molecule has 3 rings (SSSR count). The van der Waals surface area contributed by atoms with Crippen LogP contribution >= 0.6 is 12.4 Å². The number of nitrogens with one attached hydrogen (secondary N) is 2. The number of alkyl halides is 4. The predicted molar refractivity (Wildman–Crippen MR) is 91.4 cm³/mol. The molecule has 1 aliphatic heterocycles. The van der Waals surface area contributed by atoms with Gasteiger partial charge in [0.2, 0.25) is 5.95 Å². The summed E-state index contributed by atoms with van der Waals surface area (Å²) in [5, 5.41) is 9.95. The Morgan fingerprint density at radius 2 is 2.12 bits per heavy atom. The van der Waals surface area contributed by atoms with Crippen LogP contribution in [0.5, 0.6) is 0 Å². The number of aromatic nitrogens is 4. The Bertz CT molecular complexity index is 748. The zero-order valence-electron chi connectivity index (χ0n) is 14.3. The number of rotatable bonds is 4. The first kappa shape index (κ1) is 20.6. The lowest BCUT2D eigenvalue weighted by Crippen LogP contribution is -2.45. The van der Waals surface area contributed by atoms with Crippen molar-refractivity contribution in [2.45, 2.75) is 45.1 Å². The number of nitrogens with zero attached hydrogens (tertiary/aromatic N) is 4. The van der Waals surface area contributed by atoms with Gasteiger partial charge in [0.25, 0.3) is 0 Å². The van der Waals surface area contributed by atoms with Crippen molar-refractivity contribution >= 4 is 23.9 Å². The summed E-state index contributed by atoms with van der Waals surface area (Å²) in [6.07, 6.45) is -3.73. The fourth-order valence-corrected chi connectivity index (χ4v) is 2.86. The van der Waals surface area contributed by atoms with Crippen LogP contribution in [0, 0.1) is 5.92 Å². The largest absolute Gasteiger partial charge is 0.435 e. The fraction of sp³-hybridized carbons (Fsp3) is 0.667. The Morgan fingerprint density at radius 1 is 1.38 bits per heavy atom. The Hall–Kier alpha value is -1.68. The Kier molecular flexibility index (Phi) is 6.28. The molecule has 2 aromatic heterocycles. The van der Waals surface area contributed by atoms with Crippen molar-refractivity contribution in [2.24, 2.45) is 5.92 Å². The molecule has 0 saturated carbocycles. The molecule has 6 nitrogen and oxygen atoms in total. The summed E-state index contributed by atoms with van der Waals surface area (Å²) in [6.45, 7) is 4.65. The highest BCUT2D eigenvalue weighted by atomic mass is 35.5. The molecule has 26 heavy (non-hydrogen) atoms. The Balaban J connectivity index is 0.00000243. The van der Waals surface area contributed by atoms with E-state index in [2.05, 4.69) is 25.7 Å². The molecule has 2 unspecified atom stereocenters. The van der Waals surface area contributed by atoms with Crippen molar-refractivity contribution < 1.29 is 17.6 Å². The van der Waals surface area contributed by atoms with Crippen molar-refractivity contribution in [1.29, 1.82) is 0 Å². The minimum atomic E-state index is -4.59. The molecule has 1 fully saturated rings. The van der Waals surface area contributed by atoms with Crippen LogP contribution in [0.15, 0.2) is 6.20 Å². The second-order valence-corrected chi connectivity index (χ2v) is 6.61. The van der Waals surface area contributed by atoms with Gasteiger partial charge in [-0.25, -0.2) is 18.9 Å². The molecule has 2 N–H and O–H groups in total. The van der Waals surface area contributed by atoms with Gasteiger partial charge in [0.15, 0.2) is 5.69 Å². The molecular formula is C15H21ClF4N6. The van der Waals surface area contributed by atoms with E-state index < -0.39 is 24.1 Å². The quantitative estimate of drug-likeness (QED) is 0.778. The molecule has 0 amide bonds. The molecular weight excluding hydrogens is 376 g/mol. The topological polar surface area (TPSA) is 67.1 Å². The average molecular weight is 397 g/mol. The van der Waals surface area contributed by atoms with Gasteiger partial charge in [-0.2, -0.15) is 13.2 Å². The Morgan fingerprint density at radius 3 is 2.73 bits per heavy atom. The fourth-order valence-electron chi connectivity index (χ4n) is 2.86. The summed E-state index contributed by atoms with van der Waals surface area (Å²) in [4.78, 5) is 7.66. The molecule has 11 heteroatoms. The second kappa shape index (κ2) is 7.91. The number of halogens is 5. The van der Waals surface area contributed by atoms with Gasteiger partial charge >= 0.3 is 6.18 Å². The van der Waals surface area contributed by atoms with Crippen LogP contribution in [-0.4, -0.2) is 44.9 Å². The van der Waals surface area contributed by atoms with E-state index in [4.69, 9.17) is 0 Å².